The van der Waals surface area contributed by atoms with Gasteiger partial charge in [0, 0.05) is 25.2 Å². The number of carbonyl (C=O) groups is 1. The largest absolute Gasteiger partial charge is 0.462 e. The van der Waals surface area contributed by atoms with Gasteiger partial charge in [-0.25, -0.2) is 9.78 Å². The Morgan fingerprint density at radius 2 is 2.33 bits per heavy atom. The first-order valence-corrected chi connectivity index (χ1v) is 7.60. The minimum Gasteiger partial charge on any atom is -0.462 e. The van der Waals surface area contributed by atoms with E-state index in [-0.39, 0.29) is 5.97 Å². The van der Waals surface area contributed by atoms with Crippen LogP contribution in [0.1, 0.15) is 36.5 Å². The van der Waals surface area contributed by atoms with E-state index >= 15 is 0 Å². The van der Waals surface area contributed by atoms with Crippen LogP contribution in [-0.4, -0.2) is 47.6 Å². The van der Waals surface area contributed by atoms with E-state index in [0.717, 1.165) is 25.6 Å². The van der Waals surface area contributed by atoms with Gasteiger partial charge < -0.3 is 15.8 Å². The minimum atomic E-state index is -0.378. The lowest BCUT2D eigenvalue weighted by atomic mass is 10.2. The maximum atomic E-state index is 12.0. The molecule has 6 heteroatoms. The Kier molecular flexibility index (Phi) is 3.96. The van der Waals surface area contributed by atoms with Crippen LogP contribution in [0.4, 0.5) is 11.5 Å². The van der Waals surface area contributed by atoms with Crippen molar-refractivity contribution < 1.29 is 9.53 Å². The van der Waals surface area contributed by atoms with Crippen molar-refractivity contribution in [1.82, 2.24) is 9.88 Å². The third-order valence-corrected chi connectivity index (χ3v) is 4.03. The molecule has 0 bridgehead atoms. The summed E-state index contributed by atoms with van der Waals surface area (Å²) in [7, 11) is 0. The molecule has 3 rings (SSSR count). The first-order chi connectivity index (χ1) is 10.2. The van der Waals surface area contributed by atoms with Crippen LogP contribution in [0.3, 0.4) is 0 Å². The van der Waals surface area contributed by atoms with Crippen LogP contribution in [0.2, 0.25) is 0 Å². The molecule has 114 valence electrons. The number of carbonyl (C=O) groups excluding carboxylic acids is 1. The highest BCUT2D eigenvalue weighted by molar-refractivity contribution is 5.95. The van der Waals surface area contributed by atoms with Gasteiger partial charge in [0.15, 0.2) is 0 Å². The third kappa shape index (κ3) is 3.26. The lowest BCUT2D eigenvalue weighted by Gasteiger charge is -2.17. The summed E-state index contributed by atoms with van der Waals surface area (Å²) >= 11 is 0. The topological polar surface area (TPSA) is 80.5 Å². The number of hydrogen-bond acceptors (Lipinski definition) is 6. The highest BCUT2D eigenvalue weighted by Crippen LogP contribution is 2.30. The van der Waals surface area contributed by atoms with Gasteiger partial charge in [0.1, 0.15) is 11.4 Å². The van der Waals surface area contributed by atoms with Crippen molar-refractivity contribution in [2.45, 2.75) is 38.3 Å². The zero-order valence-electron chi connectivity index (χ0n) is 12.3. The van der Waals surface area contributed by atoms with Crippen LogP contribution < -0.4 is 11.1 Å². The summed E-state index contributed by atoms with van der Waals surface area (Å²) in [6, 6.07) is 2.73. The lowest BCUT2D eigenvalue weighted by molar-refractivity contribution is 0.0527. The van der Waals surface area contributed by atoms with Gasteiger partial charge in [0.2, 0.25) is 0 Å². The maximum absolute atomic E-state index is 12.0. The number of aromatic nitrogens is 1. The standard InChI is InChI=1S/C15H22N4O2/c1-2-21-15(20)13-7-10(16)8-17-14(13)18-11-5-6-19(9-11)12-3-4-12/h7-8,11-12H,2-6,9,16H2,1H3,(H,17,18). The van der Waals surface area contributed by atoms with Gasteiger partial charge in [0.25, 0.3) is 0 Å². The van der Waals surface area contributed by atoms with Crippen molar-refractivity contribution in [1.29, 1.82) is 0 Å². The van der Waals surface area contributed by atoms with Crippen LogP contribution in [-0.2, 0) is 4.74 Å². The number of nitrogens with one attached hydrogen (secondary N) is 1. The van der Waals surface area contributed by atoms with Crippen LogP contribution in [0.5, 0.6) is 0 Å². The van der Waals surface area contributed by atoms with Gasteiger partial charge in [-0.05, 0) is 32.3 Å². The molecule has 3 N–H and O–H groups in total. The van der Waals surface area contributed by atoms with Crippen molar-refractivity contribution in [3.8, 4) is 0 Å². The van der Waals surface area contributed by atoms with Gasteiger partial charge in [-0.2, -0.15) is 0 Å². The Labute approximate surface area is 124 Å². The van der Waals surface area contributed by atoms with Crippen molar-refractivity contribution in [2.75, 3.05) is 30.7 Å². The predicted molar refractivity (Wildman–Crippen MR) is 81.2 cm³/mol. The fourth-order valence-corrected chi connectivity index (χ4v) is 2.83. The van der Waals surface area contributed by atoms with Gasteiger partial charge in [-0.3, -0.25) is 4.90 Å². The van der Waals surface area contributed by atoms with E-state index in [1.54, 1.807) is 19.2 Å². The van der Waals surface area contributed by atoms with Crippen molar-refractivity contribution in [3.63, 3.8) is 0 Å². The number of nitrogen functional groups attached to an aromatic ring is 1. The first kappa shape index (κ1) is 14.1. The number of ether oxygens (including phenoxy) is 1. The monoisotopic (exact) mass is 290 g/mol. The molecular weight excluding hydrogens is 268 g/mol. The molecule has 6 nitrogen and oxygen atoms in total. The van der Waals surface area contributed by atoms with Crippen molar-refractivity contribution >= 4 is 17.5 Å². The molecule has 0 radical (unpaired) electrons. The number of likely N-dealkylation sites (tertiary alicyclic amines) is 1. The van der Waals surface area contributed by atoms with Crippen molar-refractivity contribution in [2.24, 2.45) is 0 Å². The van der Waals surface area contributed by atoms with Gasteiger partial charge in [-0.15, -0.1) is 0 Å². The molecule has 1 saturated carbocycles. The summed E-state index contributed by atoms with van der Waals surface area (Å²) in [6.45, 7) is 4.26. The van der Waals surface area contributed by atoms with E-state index in [1.165, 1.54) is 12.8 Å². The van der Waals surface area contributed by atoms with Gasteiger partial charge in [0.05, 0.1) is 18.5 Å². The summed E-state index contributed by atoms with van der Waals surface area (Å²) in [5, 5.41) is 3.38. The fourth-order valence-electron chi connectivity index (χ4n) is 2.83. The molecule has 1 atom stereocenters. The summed E-state index contributed by atoms with van der Waals surface area (Å²) in [6.07, 6.45) is 5.28. The molecule has 0 spiro atoms. The lowest BCUT2D eigenvalue weighted by Crippen LogP contribution is -2.28. The Morgan fingerprint density at radius 3 is 3.05 bits per heavy atom. The molecule has 2 heterocycles. The van der Waals surface area contributed by atoms with E-state index in [9.17, 15) is 4.79 Å². The number of nitrogens with zero attached hydrogens (tertiary/aromatic N) is 2. The smallest absolute Gasteiger partial charge is 0.341 e. The van der Waals surface area contributed by atoms with Crippen LogP contribution in [0.15, 0.2) is 12.3 Å². The quantitative estimate of drug-likeness (QED) is 0.800. The van der Waals surface area contributed by atoms with E-state index in [0.29, 0.717) is 29.7 Å². The molecule has 0 aromatic carbocycles. The maximum Gasteiger partial charge on any atom is 0.341 e. The third-order valence-electron chi connectivity index (χ3n) is 4.03. The van der Waals surface area contributed by atoms with E-state index in [1.807, 2.05) is 0 Å². The molecule has 1 unspecified atom stereocenters. The minimum absolute atomic E-state index is 0.329. The van der Waals surface area contributed by atoms with Gasteiger partial charge in [-0.1, -0.05) is 0 Å². The molecule has 1 aliphatic heterocycles. The second kappa shape index (κ2) is 5.89. The number of rotatable bonds is 5. The first-order valence-electron chi connectivity index (χ1n) is 7.60. The zero-order chi connectivity index (χ0) is 14.8. The van der Waals surface area contributed by atoms with Crippen LogP contribution in [0.25, 0.3) is 0 Å². The SMILES string of the molecule is CCOC(=O)c1cc(N)cnc1NC1CCN(C2CC2)C1. The molecule has 1 aromatic rings. The van der Waals surface area contributed by atoms with E-state index in [4.69, 9.17) is 10.5 Å². The van der Waals surface area contributed by atoms with Crippen LogP contribution in [0, 0.1) is 0 Å². The molecule has 1 saturated heterocycles. The van der Waals surface area contributed by atoms with Crippen molar-refractivity contribution in [3.05, 3.63) is 17.8 Å². The summed E-state index contributed by atoms with van der Waals surface area (Å²) in [5.41, 5.74) is 6.62. The highest BCUT2D eigenvalue weighted by atomic mass is 16.5. The highest BCUT2D eigenvalue weighted by Gasteiger charge is 2.34. The molecule has 1 aliphatic carbocycles. The number of esters is 1. The zero-order valence-corrected chi connectivity index (χ0v) is 12.3. The Hall–Kier alpha value is -1.82. The van der Waals surface area contributed by atoms with E-state index < -0.39 is 0 Å². The second-order valence-electron chi connectivity index (χ2n) is 5.74. The summed E-state index contributed by atoms with van der Waals surface area (Å²) in [5.74, 6) is 0.196. The molecule has 0 amide bonds. The molecule has 2 aliphatic rings. The Bertz CT molecular complexity index is 530. The van der Waals surface area contributed by atoms with E-state index in [2.05, 4.69) is 15.2 Å². The molecule has 2 fully saturated rings. The molecule has 21 heavy (non-hydrogen) atoms. The second-order valence-corrected chi connectivity index (χ2v) is 5.74. The fraction of sp³-hybridized carbons (Fsp3) is 0.600. The summed E-state index contributed by atoms with van der Waals surface area (Å²) < 4.78 is 5.07. The predicted octanol–water partition coefficient (Wildman–Crippen LogP) is 1.49. The number of anilines is 2. The number of nitrogens with two attached hydrogens (primary N) is 1. The summed E-state index contributed by atoms with van der Waals surface area (Å²) in [4.78, 5) is 18.8. The number of pyridine rings is 1. The number of hydrogen-bond donors (Lipinski definition) is 2. The Morgan fingerprint density at radius 1 is 1.52 bits per heavy atom. The van der Waals surface area contributed by atoms with Crippen LogP contribution >= 0.6 is 0 Å². The average molecular weight is 290 g/mol. The van der Waals surface area contributed by atoms with Gasteiger partial charge >= 0.3 is 5.97 Å². The molecular formula is C15H22N4O2. The Balaban J connectivity index is 1.70. The molecule has 1 aromatic heterocycles. The normalized spacial score (nSPS) is 22.2. The average Bonchev–Trinajstić information content (AvgIpc) is 3.21.